The molecule has 2 aliphatic heterocycles. The van der Waals surface area contributed by atoms with E-state index in [1.54, 1.807) is 0 Å². The molecule has 0 bridgehead atoms. The van der Waals surface area contributed by atoms with Crippen molar-refractivity contribution >= 4 is 0 Å². The molecule has 2 aliphatic rings. The largest absolute Gasteiger partial charge is 0.421 e. The third-order valence-electron chi connectivity index (χ3n) is 5.39. The molecule has 0 radical (unpaired) electrons. The van der Waals surface area contributed by atoms with Gasteiger partial charge in [-0.05, 0) is 44.4 Å². The average molecular weight is 381 g/mol. The molecular weight excluding hydrogens is 358 g/mol. The van der Waals surface area contributed by atoms with Gasteiger partial charge in [-0.25, -0.2) is 0 Å². The number of likely N-dealkylation sites (tertiary alicyclic amines) is 1. The van der Waals surface area contributed by atoms with Crippen LogP contribution in [0.15, 0.2) is 39.2 Å². The van der Waals surface area contributed by atoms with Crippen molar-refractivity contribution in [3.8, 4) is 11.5 Å². The molecule has 8 heteroatoms. The quantitative estimate of drug-likeness (QED) is 0.661. The molecule has 8 nitrogen and oxygen atoms in total. The molecule has 0 unspecified atom stereocenters. The molecule has 2 fully saturated rings. The fraction of sp³-hybridized carbons (Fsp3) is 0.500. The van der Waals surface area contributed by atoms with Gasteiger partial charge in [-0.1, -0.05) is 24.6 Å². The number of aromatic nitrogens is 4. The number of rotatable bonds is 5. The fourth-order valence-corrected chi connectivity index (χ4v) is 3.93. The lowest BCUT2D eigenvalue weighted by Crippen LogP contribution is -2.33. The Balaban J connectivity index is 1.32. The van der Waals surface area contributed by atoms with Gasteiger partial charge in [-0.2, -0.15) is 0 Å². The first-order valence-electron chi connectivity index (χ1n) is 9.93. The van der Waals surface area contributed by atoms with Crippen LogP contribution in [0.5, 0.6) is 0 Å². The predicted molar refractivity (Wildman–Crippen MR) is 99.0 cm³/mol. The Hall–Kier alpha value is -2.58. The van der Waals surface area contributed by atoms with Crippen LogP contribution >= 0.6 is 0 Å². The lowest BCUT2D eigenvalue weighted by molar-refractivity contribution is 0.0775. The maximum absolute atomic E-state index is 5.99. The zero-order valence-corrected chi connectivity index (χ0v) is 15.7. The molecule has 5 rings (SSSR count). The average Bonchev–Trinajstić information content (AvgIpc) is 3.50. The SMILES string of the molecule is c1ccc(-c2nnc(CN3CCCC[C@@H]3c3nnc([C@H]4CCCO4)o3)o2)cc1. The lowest BCUT2D eigenvalue weighted by atomic mass is 10.0. The minimum atomic E-state index is -0.0531. The van der Waals surface area contributed by atoms with Crippen molar-refractivity contribution in [2.75, 3.05) is 13.2 Å². The van der Waals surface area contributed by atoms with Crippen molar-refractivity contribution in [2.24, 2.45) is 0 Å². The standard InChI is InChI=1S/C20H23N5O3/c1-2-7-14(8-3-1)18-22-21-17(27-18)13-25-11-5-4-9-15(25)19-23-24-20(28-19)16-10-6-12-26-16/h1-3,7-8,15-16H,4-6,9-13H2/t15-,16-/m1/s1. The minimum Gasteiger partial charge on any atom is -0.421 e. The molecule has 28 heavy (non-hydrogen) atoms. The second-order valence-corrected chi connectivity index (χ2v) is 7.33. The van der Waals surface area contributed by atoms with E-state index in [1.165, 1.54) is 0 Å². The molecular formula is C20H23N5O3. The molecule has 3 aromatic rings. The normalized spacial score (nSPS) is 23.3. The van der Waals surface area contributed by atoms with Gasteiger partial charge < -0.3 is 13.6 Å². The highest BCUT2D eigenvalue weighted by Crippen LogP contribution is 2.34. The summed E-state index contributed by atoms with van der Waals surface area (Å²) < 4.78 is 17.6. The van der Waals surface area contributed by atoms with E-state index >= 15 is 0 Å². The smallest absolute Gasteiger partial charge is 0.247 e. The van der Waals surface area contributed by atoms with Crippen LogP contribution < -0.4 is 0 Å². The summed E-state index contributed by atoms with van der Waals surface area (Å²) in [6.07, 6.45) is 5.18. The van der Waals surface area contributed by atoms with Crippen molar-refractivity contribution in [3.05, 3.63) is 48.0 Å². The first-order chi connectivity index (χ1) is 13.9. The summed E-state index contributed by atoms with van der Waals surface area (Å²) in [5, 5.41) is 17.0. The van der Waals surface area contributed by atoms with Gasteiger partial charge in [0.1, 0.15) is 6.10 Å². The van der Waals surface area contributed by atoms with Crippen molar-refractivity contribution in [1.29, 1.82) is 0 Å². The second-order valence-electron chi connectivity index (χ2n) is 7.33. The Labute approximate surface area is 162 Å². The number of hydrogen-bond donors (Lipinski definition) is 0. The molecule has 0 amide bonds. The van der Waals surface area contributed by atoms with Crippen molar-refractivity contribution in [3.63, 3.8) is 0 Å². The van der Waals surface area contributed by atoms with Gasteiger partial charge in [0.15, 0.2) is 0 Å². The number of ether oxygens (including phenoxy) is 1. The van der Waals surface area contributed by atoms with Gasteiger partial charge in [0.2, 0.25) is 23.6 Å². The summed E-state index contributed by atoms with van der Waals surface area (Å²) in [5.41, 5.74) is 0.926. The van der Waals surface area contributed by atoms with E-state index in [9.17, 15) is 0 Å². The summed E-state index contributed by atoms with van der Waals surface area (Å²) in [7, 11) is 0. The van der Waals surface area contributed by atoms with Crippen LogP contribution in [0.2, 0.25) is 0 Å². The Morgan fingerprint density at radius 2 is 1.79 bits per heavy atom. The molecule has 0 saturated carbocycles. The first-order valence-corrected chi connectivity index (χ1v) is 9.93. The molecule has 0 spiro atoms. The van der Waals surface area contributed by atoms with Crippen LogP contribution in [-0.4, -0.2) is 38.4 Å². The minimum absolute atomic E-state index is 0.0531. The van der Waals surface area contributed by atoms with Crippen molar-refractivity contribution in [1.82, 2.24) is 25.3 Å². The van der Waals surface area contributed by atoms with Gasteiger partial charge >= 0.3 is 0 Å². The predicted octanol–water partition coefficient (Wildman–Crippen LogP) is 3.70. The third kappa shape index (κ3) is 3.57. The molecule has 4 heterocycles. The van der Waals surface area contributed by atoms with Crippen LogP contribution in [0.4, 0.5) is 0 Å². The summed E-state index contributed by atoms with van der Waals surface area (Å²) >= 11 is 0. The number of hydrogen-bond acceptors (Lipinski definition) is 8. The van der Waals surface area contributed by atoms with Crippen LogP contribution in [0.1, 0.15) is 61.9 Å². The Morgan fingerprint density at radius 1 is 0.893 bits per heavy atom. The van der Waals surface area contributed by atoms with E-state index in [0.717, 1.165) is 50.8 Å². The monoisotopic (exact) mass is 381 g/mol. The van der Waals surface area contributed by atoms with Crippen LogP contribution in [0, 0.1) is 0 Å². The van der Waals surface area contributed by atoms with Crippen LogP contribution in [0.3, 0.4) is 0 Å². The summed E-state index contributed by atoms with van der Waals surface area (Å²) in [4.78, 5) is 2.29. The first kappa shape index (κ1) is 17.5. The lowest BCUT2D eigenvalue weighted by Gasteiger charge is -2.32. The molecule has 2 aromatic heterocycles. The van der Waals surface area contributed by atoms with E-state index in [2.05, 4.69) is 25.3 Å². The second kappa shape index (κ2) is 7.81. The molecule has 1 aromatic carbocycles. The van der Waals surface area contributed by atoms with Gasteiger partial charge in [-0.3, -0.25) is 4.90 Å². The maximum Gasteiger partial charge on any atom is 0.247 e. The van der Waals surface area contributed by atoms with E-state index in [1.807, 2.05) is 30.3 Å². The van der Waals surface area contributed by atoms with E-state index in [4.69, 9.17) is 13.6 Å². The van der Waals surface area contributed by atoms with Crippen molar-refractivity contribution < 1.29 is 13.6 Å². The highest BCUT2D eigenvalue weighted by Gasteiger charge is 2.32. The molecule has 0 aliphatic carbocycles. The number of nitrogens with zero attached hydrogens (tertiary/aromatic N) is 5. The van der Waals surface area contributed by atoms with Crippen LogP contribution in [-0.2, 0) is 11.3 Å². The molecule has 0 N–H and O–H groups in total. The number of benzene rings is 1. The fourth-order valence-electron chi connectivity index (χ4n) is 3.93. The van der Waals surface area contributed by atoms with Crippen molar-refractivity contribution in [2.45, 2.75) is 50.8 Å². The van der Waals surface area contributed by atoms with Gasteiger partial charge in [0, 0.05) is 12.2 Å². The topological polar surface area (TPSA) is 90.3 Å². The highest BCUT2D eigenvalue weighted by atomic mass is 16.5. The third-order valence-corrected chi connectivity index (χ3v) is 5.39. The summed E-state index contributed by atoms with van der Waals surface area (Å²) in [5.74, 6) is 2.41. The van der Waals surface area contributed by atoms with Gasteiger partial charge in [-0.15, -0.1) is 20.4 Å². The summed E-state index contributed by atoms with van der Waals surface area (Å²) in [6.45, 7) is 2.27. The molecule has 146 valence electrons. The van der Waals surface area contributed by atoms with E-state index in [0.29, 0.717) is 30.1 Å². The Morgan fingerprint density at radius 3 is 2.64 bits per heavy atom. The van der Waals surface area contributed by atoms with E-state index in [-0.39, 0.29) is 12.1 Å². The molecule has 2 saturated heterocycles. The number of piperidine rings is 1. The maximum atomic E-state index is 5.99. The zero-order valence-electron chi connectivity index (χ0n) is 15.7. The molecule has 2 atom stereocenters. The van der Waals surface area contributed by atoms with E-state index < -0.39 is 0 Å². The van der Waals surface area contributed by atoms with Gasteiger partial charge in [0.05, 0.1) is 12.6 Å². The van der Waals surface area contributed by atoms with Crippen LogP contribution in [0.25, 0.3) is 11.5 Å². The van der Waals surface area contributed by atoms with Gasteiger partial charge in [0.25, 0.3) is 0 Å². The Bertz CT molecular complexity index is 903. The zero-order chi connectivity index (χ0) is 18.8. The Kier molecular flexibility index (Phi) is 4.88. The summed E-state index contributed by atoms with van der Waals surface area (Å²) in [6, 6.07) is 9.89. The highest BCUT2D eigenvalue weighted by molar-refractivity contribution is 5.51.